The highest BCUT2D eigenvalue weighted by Gasteiger charge is 2.38. The summed E-state index contributed by atoms with van der Waals surface area (Å²) in [4.78, 5) is 13.0. The van der Waals surface area contributed by atoms with E-state index in [4.69, 9.17) is 9.47 Å². The molecule has 0 fully saturated rings. The number of rotatable bonds is 15. The van der Waals surface area contributed by atoms with Crippen LogP contribution in [0.25, 0.3) is 0 Å². The molecule has 6 heteroatoms. The van der Waals surface area contributed by atoms with Gasteiger partial charge in [0.15, 0.2) is 11.5 Å². The molecule has 1 heterocycles. The SMILES string of the molecule is COc1cc2c(cc1OC)C(C)(CCCC(CCCC(=O)CCc1ccc(F)cc1)(c1ccccc1)c1ccccc1)NC(C)C2.Cl. The minimum atomic E-state index is -0.250. The quantitative estimate of drug-likeness (QED) is 0.138. The number of ether oxygens (including phenoxy) is 2. The number of methoxy groups -OCH3 is 2. The van der Waals surface area contributed by atoms with Crippen molar-refractivity contribution in [2.24, 2.45) is 0 Å². The van der Waals surface area contributed by atoms with Crippen LogP contribution in [0, 0.1) is 5.82 Å². The van der Waals surface area contributed by atoms with Gasteiger partial charge >= 0.3 is 0 Å². The first-order valence-electron chi connectivity index (χ1n) is 16.7. The van der Waals surface area contributed by atoms with E-state index in [2.05, 4.69) is 92.0 Å². The van der Waals surface area contributed by atoms with E-state index in [1.807, 2.05) is 0 Å². The Morgan fingerprint density at radius 3 is 2.02 bits per heavy atom. The third kappa shape index (κ3) is 8.63. The van der Waals surface area contributed by atoms with Gasteiger partial charge in [0.05, 0.1) is 14.2 Å². The standard InChI is InChI=1S/C41H48FNO3.ClH/c1-30-27-32-28-38(45-3)39(46-4)29-37(32)40(2,43-30)24-12-26-41(33-13-7-5-8-14-33,34-15-9-6-10-16-34)25-11-17-36(44)23-20-31-18-21-35(42)22-19-31;/h5-10,13-16,18-19,21-22,28-30,43H,11-12,17,20,23-27H2,1-4H3;1H. The minimum absolute atomic E-state index is 0. The number of benzene rings is 4. The van der Waals surface area contributed by atoms with Crippen LogP contribution in [-0.4, -0.2) is 26.0 Å². The number of hydrogen-bond acceptors (Lipinski definition) is 4. The van der Waals surface area contributed by atoms with E-state index in [1.165, 1.54) is 34.4 Å². The van der Waals surface area contributed by atoms with Crippen LogP contribution in [0.4, 0.5) is 4.39 Å². The highest BCUT2D eigenvalue weighted by Crippen LogP contribution is 2.45. The summed E-state index contributed by atoms with van der Waals surface area (Å²) in [6.07, 6.45) is 7.19. The van der Waals surface area contributed by atoms with Gasteiger partial charge in [-0.2, -0.15) is 0 Å². The van der Waals surface area contributed by atoms with Crippen LogP contribution < -0.4 is 14.8 Å². The molecule has 250 valence electrons. The monoisotopic (exact) mass is 657 g/mol. The van der Waals surface area contributed by atoms with Crippen LogP contribution in [0.1, 0.15) is 86.6 Å². The minimum Gasteiger partial charge on any atom is -0.493 e. The summed E-state index contributed by atoms with van der Waals surface area (Å²) in [7, 11) is 3.39. The molecule has 47 heavy (non-hydrogen) atoms. The molecule has 4 aromatic rings. The zero-order chi connectivity index (χ0) is 32.6. The number of Topliss-reactive ketones (excluding diaryl/α,β-unsaturated/α-hetero) is 1. The van der Waals surface area contributed by atoms with E-state index in [1.54, 1.807) is 26.4 Å². The molecule has 0 saturated carbocycles. The Kier molecular flexibility index (Phi) is 12.6. The molecule has 0 bridgehead atoms. The van der Waals surface area contributed by atoms with Crippen LogP contribution in [0.3, 0.4) is 0 Å². The first-order chi connectivity index (χ1) is 22.3. The predicted molar refractivity (Wildman–Crippen MR) is 192 cm³/mol. The summed E-state index contributed by atoms with van der Waals surface area (Å²) in [6, 6.07) is 32.8. The van der Waals surface area contributed by atoms with E-state index in [0.29, 0.717) is 25.3 Å². The van der Waals surface area contributed by atoms with Crippen molar-refractivity contribution in [3.8, 4) is 11.5 Å². The van der Waals surface area contributed by atoms with E-state index >= 15 is 0 Å². The fourth-order valence-corrected chi connectivity index (χ4v) is 7.59. The summed E-state index contributed by atoms with van der Waals surface area (Å²) < 4.78 is 24.7. The fourth-order valence-electron chi connectivity index (χ4n) is 7.59. The molecule has 0 amide bonds. The van der Waals surface area contributed by atoms with Gasteiger partial charge in [-0.25, -0.2) is 4.39 Å². The number of carbonyl (C=O) groups is 1. The average molecular weight is 658 g/mol. The molecular weight excluding hydrogens is 609 g/mol. The van der Waals surface area contributed by atoms with Crippen molar-refractivity contribution < 1.29 is 18.7 Å². The van der Waals surface area contributed by atoms with Crippen molar-refractivity contribution in [1.29, 1.82) is 0 Å². The molecule has 0 saturated heterocycles. The van der Waals surface area contributed by atoms with Crippen LogP contribution in [0.15, 0.2) is 97.1 Å². The Morgan fingerprint density at radius 1 is 0.851 bits per heavy atom. The number of halogens is 2. The van der Waals surface area contributed by atoms with E-state index in [0.717, 1.165) is 55.6 Å². The van der Waals surface area contributed by atoms with Gasteiger partial charge in [-0.3, -0.25) is 4.79 Å². The number of aryl methyl sites for hydroxylation is 1. The number of carbonyl (C=O) groups excluding carboxylic acids is 1. The topological polar surface area (TPSA) is 47.6 Å². The largest absolute Gasteiger partial charge is 0.493 e. The van der Waals surface area contributed by atoms with Crippen LogP contribution in [-0.2, 0) is 28.6 Å². The Labute approximate surface area is 286 Å². The lowest BCUT2D eigenvalue weighted by Crippen LogP contribution is -2.50. The lowest BCUT2D eigenvalue weighted by molar-refractivity contribution is -0.119. The first-order valence-corrected chi connectivity index (χ1v) is 16.7. The summed E-state index contributed by atoms with van der Waals surface area (Å²) in [5.41, 5.74) is 5.72. The van der Waals surface area contributed by atoms with Crippen molar-refractivity contribution in [3.63, 3.8) is 0 Å². The zero-order valence-corrected chi connectivity index (χ0v) is 29.0. The molecule has 0 spiro atoms. The molecule has 4 aromatic carbocycles. The lowest BCUT2D eigenvalue weighted by Gasteiger charge is -2.42. The molecule has 5 rings (SSSR count). The van der Waals surface area contributed by atoms with Crippen molar-refractivity contribution >= 4 is 18.2 Å². The number of nitrogens with one attached hydrogen (secondary N) is 1. The van der Waals surface area contributed by atoms with Gasteiger partial charge in [-0.1, -0.05) is 79.2 Å². The summed E-state index contributed by atoms with van der Waals surface area (Å²) >= 11 is 0. The van der Waals surface area contributed by atoms with E-state index < -0.39 is 0 Å². The maximum Gasteiger partial charge on any atom is 0.161 e. The first kappa shape index (κ1) is 36.2. The molecule has 2 unspecified atom stereocenters. The Balaban J connectivity index is 0.00000500. The smallest absolute Gasteiger partial charge is 0.161 e. The summed E-state index contributed by atoms with van der Waals surface area (Å²) in [5, 5.41) is 3.93. The molecule has 4 nitrogen and oxygen atoms in total. The zero-order valence-electron chi connectivity index (χ0n) is 28.2. The Bertz CT molecular complexity index is 1540. The van der Waals surface area contributed by atoms with Gasteiger partial charge in [-0.05, 0) is 104 Å². The third-order valence-electron chi connectivity index (χ3n) is 9.89. The summed E-state index contributed by atoms with van der Waals surface area (Å²) in [5.74, 6) is 1.54. The molecule has 1 aliphatic rings. The van der Waals surface area contributed by atoms with Crippen LogP contribution >= 0.6 is 12.4 Å². The highest BCUT2D eigenvalue weighted by molar-refractivity contribution is 5.85. The second kappa shape index (κ2) is 16.4. The number of hydrogen-bond donors (Lipinski definition) is 1. The fraction of sp³-hybridized carbons (Fsp3) is 0.390. The number of fused-ring (bicyclic) bond motifs is 1. The molecule has 0 aromatic heterocycles. The molecule has 0 radical (unpaired) electrons. The highest BCUT2D eigenvalue weighted by atomic mass is 35.5. The lowest BCUT2D eigenvalue weighted by atomic mass is 9.67. The normalized spacial score (nSPS) is 17.3. The molecule has 2 atom stereocenters. The van der Waals surface area contributed by atoms with Crippen molar-refractivity contribution in [2.75, 3.05) is 14.2 Å². The van der Waals surface area contributed by atoms with Crippen molar-refractivity contribution in [1.82, 2.24) is 5.32 Å². The van der Waals surface area contributed by atoms with Crippen molar-refractivity contribution in [2.45, 2.75) is 88.6 Å². The maximum absolute atomic E-state index is 13.3. The van der Waals surface area contributed by atoms with Gasteiger partial charge in [0.25, 0.3) is 0 Å². The number of ketones is 1. The second-order valence-electron chi connectivity index (χ2n) is 13.1. The molecular formula is C41H49ClFNO3. The third-order valence-corrected chi connectivity index (χ3v) is 9.89. The van der Waals surface area contributed by atoms with E-state index in [9.17, 15) is 9.18 Å². The molecule has 1 aliphatic heterocycles. The van der Waals surface area contributed by atoms with Crippen LogP contribution in [0.5, 0.6) is 11.5 Å². The van der Waals surface area contributed by atoms with E-state index in [-0.39, 0.29) is 35.0 Å². The van der Waals surface area contributed by atoms with Gasteiger partial charge in [-0.15, -0.1) is 12.4 Å². The summed E-state index contributed by atoms with van der Waals surface area (Å²) in [6.45, 7) is 4.57. The predicted octanol–water partition coefficient (Wildman–Crippen LogP) is 9.54. The molecule has 0 aliphatic carbocycles. The molecule has 1 N–H and O–H groups in total. The maximum atomic E-state index is 13.3. The second-order valence-corrected chi connectivity index (χ2v) is 13.1. The van der Waals surface area contributed by atoms with Gasteiger partial charge in [0.1, 0.15) is 11.6 Å². The van der Waals surface area contributed by atoms with Gasteiger partial charge < -0.3 is 14.8 Å². The van der Waals surface area contributed by atoms with Gasteiger partial charge in [0.2, 0.25) is 0 Å². The Morgan fingerprint density at radius 2 is 1.43 bits per heavy atom. The Hall–Kier alpha value is -3.67. The average Bonchev–Trinajstić information content (AvgIpc) is 3.07. The van der Waals surface area contributed by atoms with Crippen LogP contribution in [0.2, 0.25) is 0 Å². The van der Waals surface area contributed by atoms with Crippen molar-refractivity contribution in [3.05, 3.63) is 131 Å². The van der Waals surface area contributed by atoms with Gasteiger partial charge in [0, 0.05) is 29.8 Å².